The van der Waals surface area contributed by atoms with Gasteiger partial charge >= 0.3 is 0 Å². The van der Waals surface area contributed by atoms with Crippen LogP contribution in [0.1, 0.15) is 30.9 Å². The highest BCUT2D eigenvalue weighted by atomic mass is 16.7. The number of carbonyl (C=O) groups is 1. The molecule has 2 aliphatic rings. The number of rotatable bonds is 4. The molecule has 1 saturated heterocycles. The maximum absolute atomic E-state index is 11.9. The molecule has 0 aliphatic carbocycles. The average Bonchev–Trinajstić information content (AvgIpc) is 2.86. The molecule has 8 nitrogen and oxygen atoms in total. The van der Waals surface area contributed by atoms with Crippen LogP contribution >= 0.6 is 0 Å². The highest BCUT2D eigenvalue weighted by Gasteiger charge is 2.24. The lowest BCUT2D eigenvalue weighted by atomic mass is 10.1. The Labute approximate surface area is 146 Å². The molecule has 1 aromatic carbocycles. The van der Waals surface area contributed by atoms with Crippen molar-refractivity contribution in [1.82, 2.24) is 9.80 Å². The molecule has 1 fully saturated rings. The minimum atomic E-state index is -0.386. The predicted molar refractivity (Wildman–Crippen MR) is 90.1 cm³/mol. The van der Waals surface area contributed by atoms with Crippen LogP contribution in [0.2, 0.25) is 0 Å². The van der Waals surface area contributed by atoms with Crippen molar-refractivity contribution in [3.8, 4) is 5.75 Å². The first-order valence-electron chi connectivity index (χ1n) is 8.59. The van der Waals surface area contributed by atoms with Gasteiger partial charge in [0, 0.05) is 62.4 Å². The molecule has 0 unspecified atom stereocenters. The Bertz CT molecular complexity index is 664. The zero-order valence-corrected chi connectivity index (χ0v) is 14.4. The monoisotopic (exact) mass is 349 g/mol. The van der Waals surface area contributed by atoms with Gasteiger partial charge in [0.2, 0.25) is 5.91 Å². The van der Waals surface area contributed by atoms with E-state index in [-0.39, 0.29) is 23.3 Å². The van der Waals surface area contributed by atoms with Crippen LogP contribution in [0.25, 0.3) is 0 Å². The van der Waals surface area contributed by atoms with Crippen molar-refractivity contribution in [2.45, 2.75) is 32.9 Å². The van der Waals surface area contributed by atoms with Crippen LogP contribution < -0.4 is 4.74 Å². The molecule has 0 bridgehead atoms. The van der Waals surface area contributed by atoms with Gasteiger partial charge in [-0.15, -0.1) is 0 Å². The molecule has 0 atom stereocenters. The Morgan fingerprint density at radius 3 is 2.88 bits per heavy atom. The van der Waals surface area contributed by atoms with Gasteiger partial charge < -0.3 is 14.4 Å². The molecule has 0 spiro atoms. The summed E-state index contributed by atoms with van der Waals surface area (Å²) in [6.07, 6.45) is 1.42. The van der Waals surface area contributed by atoms with Gasteiger partial charge in [0.15, 0.2) is 6.79 Å². The van der Waals surface area contributed by atoms with E-state index in [9.17, 15) is 14.9 Å². The van der Waals surface area contributed by atoms with Crippen LogP contribution in [0, 0.1) is 10.1 Å². The van der Waals surface area contributed by atoms with Crippen LogP contribution in [-0.4, -0.2) is 53.6 Å². The standard InChI is InChI=1S/C17H23N3O5/c1-2-16(21)19-5-3-4-18(6-7-19)10-13-8-15(20(22)23)9-14-11-24-12-25-17(13)14/h8-9H,2-7,10-12H2,1H3. The Morgan fingerprint density at radius 1 is 1.28 bits per heavy atom. The fourth-order valence-corrected chi connectivity index (χ4v) is 3.35. The van der Waals surface area contributed by atoms with Crippen molar-refractivity contribution in [1.29, 1.82) is 0 Å². The van der Waals surface area contributed by atoms with E-state index in [4.69, 9.17) is 9.47 Å². The maximum Gasteiger partial charge on any atom is 0.270 e. The molecule has 8 heteroatoms. The minimum Gasteiger partial charge on any atom is -0.467 e. The summed E-state index contributed by atoms with van der Waals surface area (Å²) >= 11 is 0. The predicted octanol–water partition coefficient (Wildman–Crippen LogP) is 1.91. The van der Waals surface area contributed by atoms with Crippen molar-refractivity contribution in [3.05, 3.63) is 33.4 Å². The van der Waals surface area contributed by atoms with Crippen molar-refractivity contribution in [3.63, 3.8) is 0 Å². The Morgan fingerprint density at radius 2 is 2.12 bits per heavy atom. The van der Waals surface area contributed by atoms with Crippen LogP contribution in [0.3, 0.4) is 0 Å². The van der Waals surface area contributed by atoms with E-state index in [0.29, 0.717) is 37.4 Å². The van der Waals surface area contributed by atoms with Gasteiger partial charge in [-0.25, -0.2) is 0 Å². The first kappa shape index (κ1) is 17.6. The summed E-state index contributed by atoms with van der Waals surface area (Å²) in [5.74, 6) is 0.873. The largest absolute Gasteiger partial charge is 0.467 e. The van der Waals surface area contributed by atoms with Gasteiger partial charge in [0.25, 0.3) is 5.69 Å². The number of ether oxygens (including phenoxy) is 2. The maximum atomic E-state index is 11.9. The van der Waals surface area contributed by atoms with Crippen LogP contribution in [0.5, 0.6) is 5.75 Å². The molecule has 1 amide bonds. The van der Waals surface area contributed by atoms with E-state index in [1.54, 1.807) is 6.07 Å². The number of amides is 1. The number of benzene rings is 1. The molecule has 3 rings (SSSR count). The van der Waals surface area contributed by atoms with E-state index in [2.05, 4.69) is 4.90 Å². The molecule has 0 N–H and O–H groups in total. The summed E-state index contributed by atoms with van der Waals surface area (Å²) in [6, 6.07) is 3.10. The van der Waals surface area contributed by atoms with Gasteiger partial charge in [-0.05, 0) is 6.42 Å². The molecule has 0 aromatic heterocycles. The van der Waals surface area contributed by atoms with Crippen molar-refractivity contribution >= 4 is 11.6 Å². The number of hydrogen-bond donors (Lipinski definition) is 0. The van der Waals surface area contributed by atoms with E-state index < -0.39 is 0 Å². The summed E-state index contributed by atoms with van der Waals surface area (Å²) < 4.78 is 10.8. The normalized spacial score (nSPS) is 18.2. The lowest BCUT2D eigenvalue weighted by Crippen LogP contribution is -2.34. The Balaban J connectivity index is 1.77. The van der Waals surface area contributed by atoms with E-state index in [1.165, 1.54) is 6.07 Å². The highest BCUT2D eigenvalue weighted by molar-refractivity contribution is 5.75. The molecule has 0 radical (unpaired) electrons. The number of nitrogens with zero attached hydrogens (tertiary/aromatic N) is 3. The van der Waals surface area contributed by atoms with Crippen LogP contribution in [0.15, 0.2) is 12.1 Å². The quantitative estimate of drug-likeness (QED) is 0.610. The van der Waals surface area contributed by atoms with Gasteiger partial charge in [-0.3, -0.25) is 19.8 Å². The van der Waals surface area contributed by atoms with E-state index >= 15 is 0 Å². The van der Waals surface area contributed by atoms with Crippen molar-refractivity contribution in [2.24, 2.45) is 0 Å². The van der Waals surface area contributed by atoms with Gasteiger partial charge in [-0.1, -0.05) is 6.92 Å². The zero-order chi connectivity index (χ0) is 17.8. The molecule has 25 heavy (non-hydrogen) atoms. The number of non-ortho nitro benzene ring substituents is 1. The molecule has 1 aromatic rings. The molecule has 136 valence electrons. The third-order valence-corrected chi connectivity index (χ3v) is 4.62. The molecule has 2 aliphatic heterocycles. The Kier molecular flexibility index (Phi) is 5.50. The minimum absolute atomic E-state index is 0.0560. The molecular formula is C17H23N3O5. The summed E-state index contributed by atoms with van der Waals surface area (Å²) in [4.78, 5) is 26.8. The summed E-state index contributed by atoms with van der Waals surface area (Å²) in [5, 5.41) is 11.2. The topological polar surface area (TPSA) is 85.2 Å². The lowest BCUT2D eigenvalue weighted by Gasteiger charge is -2.25. The first-order chi connectivity index (χ1) is 12.1. The highest BCUT2D eigenvalue weighted by Crippen LogP contribution is 2.33. The third kappa shape index (κ3) is 4.08. The molecule has 2 heterocycles. The SMILES string of the molecule is CCC(=O)N1CCCN(Cc2cc([N+](=O)[O-])cc3c2OCOC3)CC1. The third-order valence-electron chi connectivity index (χ3n) is 4.62. The molecule has 0 saturated carbocycles. The number of nitro benzene ring substituents is 1. The number of hydrogen-bond acceptors (Lipinski definition) is 6. The second-order valence-corrected chi connectivity index (χ2v) is 6.32. The number of nitro groups is 1. The van der Waals surface area contributed by atoms with Crippen LogP contribution in [0.4, 0.5) is 5.69 Å². The van der Waals surface area contributed by atoms with Gasteiger partial charge in [0.05, 0.1) is 11.5 Å². The lowest BCUT2D eigenvalue weighted by molar-refractivity contribution is -0.385. The molecular weight excluding hydrogens is 326 g/mol. The second kappa shape index (κ2) is 7.79. The van der Waals surface area contributed by atoms with Gasteiger partial charge in [0.1, 0.15) is 5.75 Å². The van der Waals surface area contributed by atoms with Crippen molar-refractivity contribution in [2.75, 3.05) is 33.0 Å². The number of carbonyl (C=O) groups excluding carboxylic acids is 1. The number of fused-ring (bicyclic) bond motifs is 1. The Hall–Kier alpha value is -2.19. The van der Waals surface area contributed by atoms with Crippen LogP contribution in [-0.2, 0) is 22.7 Å². The summed E-state index contributed by atoms with van der Waals surface area (Å²) in [7, 11) is 0. The summed E-state index contributed by atoms with van der Waals surface area (Å²) in [6.45, 7) is 5.98. The smallest absolute Gasteiger partial charge is 0.270 e. The first-order valence-corrected chi connectivity index (χ1v) is 8.59. The zero-order valence-electron chi connectivity index (χ0n) is 14.4. The average molecular weight is 349 g/mol. The summed E-state index contributed by atoms with van der Waals surface area (Å²) in [5.41, 5.74) is 1.58. The van der Waals surface area contributed by atoms with Crippen molar-refractivity contribution < 1.29 is 19.2 Å². The fraction of sp³-hybridized carbons (Fsp3) is 0.588. The van der Waals surface area contributed by atoms with E-state index in [0.717, 1.165) is 31.6 Å². The van der Waals surface area contributed by atoms with Gasteiger partial charge in [-0.2, -0.15) is 0 Å². The second-order valence-electron chi connectivity index (χ2n) is 6.32. The van der Waals surface area contributed by atoms with E-state index in [1.807, 2.05) is 11.8 Å². The fourth-order valence-electron chi connectivity index (χ4n) is 3.35.